The second-order valence-electron chi connectivity index (χ2n) is 5.37. The van der Waals surface area contributed by atoms with Gasteiger partial charge in [-0.05, 0) is 25.1 Å². The van der Waals surface area contributed by atoms with E-state index in [-0.39, 0.29) is 0 Å². The number of hydrogen-bond donors (Lipinski definition) is 1. The quantitative estimate of drug-likeness (QED) is 0.572. The Morgan fingerprint density at radius 3 is 2.65 bits per heavy atom. The molecule has 0 aliphatic carbocycles. The predicted molar refractivity (Wildman–Crippen MR) is 93.2 cm³/mol. The lowest BCUT2D eigenvalue weighted by molar-refractivity contribution is -0.125. The number of likely N-dealkylation sites (N-methyl/N-ethyl adjacent to an activating group) is 1. The summed E-state index contributed by atoms with van der Waals surface area (Å²) in [5.74, 6) is -1.02. The molecule has 0 unspecified atom stereocenters. The molecule has 4 nitrogen and oxygen atoms in total. The molecule has 0 radical (unpaired) electrons. The van der Waals surface area contributed by atoms with Crippen LogP contribution in [0.3, 0.4) is 0 Å². The van der Waals surface area contributed by atoms with Gasteiger partial charge in [0.1, 0.15) is 0 Å². The van der Waals surface area contributed by atoms with Crippen LogP contribution < -0.4 is 0 Å². The number of fused-ring (bicyclic) bond motifs is 1. The number of amides is 1. The number of para-hydroxylation sites is 1. The van der Waals surface area contributed by atoms with Gasteiger partial charge < -0.3 is 9.88 Å². The van der Waals surface area contributed by atoms with E-state index in [4.69, 9.17) is 11.6 Å². The molecule has 3 rings (SSSR count). The largest absolute Gasteiger partial charge is 0.358 e. The van der Waals surface area contributed by atoms with E-state index in [0.29, 0.717) is 22.1 Å². The van der Waals surface area contributed by atoms with Crippen LogP contribution in [0.2, 0.25) is 4.34 Å². The fourth-order valence-electron chi connectivity index (χ4n) is 2.59. The van der Waals surface area contributed by atoms with Gasteiger partial charge in [0.25, 0.3) is 11.7 Å². The molecule has 0 saturated carbocycles. The van der Waals surface area contributed by atoms with Crippen LogP contribution in [0.25, 0.3) is 10.9 Å². The lowest BCUT2D eigenvalue weighted by Gasteiger charge is -2.15. The third-order valence-electron chi connectivity index (χ3n) is 3.68. The molecule has 0 bridgehead atoms. The van der Waals surface area contributed by atoms with Crippen LogP contribution in [0.5, 0.6) is 0 Å². The molecule has 2 aromatic heterocycles. The monoisotopic (exact) mass is 346 g/mol. The summed E-state index contributed by atoms with van der Waals surface area (Å²) >= 11 is 7.30. The smallest absolute Gasteiger partial charge is 0.295 e. The van der Waals surface area contributed by atoms with E-state index in [1.807, 2.05) is 30.3 Å². The van der Waals surface area contributed by atoms with Crippen molar-refractivity contribution in [1.82, 2.24) is 9.88 Å². The molecular weight excluding hydrogens is 332 g/mol. The Balaban J connectivity index is 1.86. The number of H-pyrrole nitrogens is 1. The highest BCUT2D eigenvalue weighted by Crippen LogP contribution is 2.24. The number of benzene rings is 1. The van der Waals surface area contributed by atoms with Crippen molar-refractivity contribution < 1.29 is 9.59 Å². The molecule has 3 aromatic rings. The molecule has 0 aliphatic heterocycles. The van der Waals surface area contributed by atoms with E-state index in [2.05, 4.69) is 4.98 Å². The molecule has 0 aliphatic rings. The average molecular weight is 347 g/mol. The zero-order chi connectivity index (χ0) is 16.6. The normalized spacial score (nSPS) is 10.9. The number of halogens is 1. The Bertz CT molecular complexity index is 897. The van der Waals surface area contributed by atoms with E-state index in [1.54, 1.807) is 20.0 Å². The third-order valence-corrected chi connectivity index (χ3v) is 4.90. The first kappa shape index (κ1) is 15.8. The van der Waals surface area contributed by atoms with Gasteiger partial charge in [-0.2, -0.15) is 0 Å². The minimum atomic E-state index is -0.526. The summed E-state index contributed by atoms with van der Waals surface area (Å²) in [4.78, 5) is 30.6. The van der Waals surface area contributed by atoms with Crippen molar-refractivity contribution in [3.63, 3.8) is 0 Å². The van der Waals surface area contributed by atoms with Crippen LogP contribution >= 0.6 is 22.9 Å². The number of carbonyl (C=O) groups is 2. The number of Topliss-reactive ketones (excluding diaryl/α,β-unsaturated/α-hetero) is 1. The van der Waals surface area contributed by atoms with Crippen molar-refractivity contribution in [1.29, 1.82) is 0 Å². The van der Waals surface area contributed by atoms with Crippen molar-refractivity contribution in [3.05, 3.63) is 56.9 Å². The van der Waals surface area contributed by atoms with Gasteiger partial charge in [-0.1, -0.05) is 29.8 Å². The summed E-state index contributed by atoms with van der Waals surface area (Å²) < 4.78 is 0.666. The third kappa shape index (κ3) is 3.02. The Labute approximate surface area is 142 Å². The number of ketones is 1. The van der Waals surface area contributed by atoms with Crippen LogP contribution in [-0.4, -0.2) is 28.6 Å². The number of aromatic nitrogens is 1. The van der Waals surface area contributed by atoms with Crippen molar-refractivity contribution in [2.75, 3.05) is 7.05 Å². The first-order valence-corrected chi connectivity index (χ1v) is 8.28. The highest BCUT2D eigenvalue weighted by molar-refractivity contribution is 7.16. The van der Waals surface area contributed by atoms with E-state index >= 15 is 0 Å². The van der Waals surface area contributed by atoms with E-state index in [9.17, 15) is 9.59 Å². The number of aromatic amines is 1. The molecule has 118 valence electrons. The molecule has 6 heteroatoms. The highest BCUT2D eigenvalue weighted by atomic mass is 35.5. The van der Waals surface area contributed by atoms with Gasteiger partial charge in [0.2, 0.25) is 0 Å². The molecule has 0 atom stereocenters. The van der Waals surface area contributed by atoms with Gasteiger partial charge in [0.15, 0.2) is 0 Å². The maximum Gasteiger partial charge on any atom is 0.295 e. The van der Waals surface area contributed by atoms with Gasteiger partial charge in [-0.3, -0.25) is 9.59 Å². The summed E-state index contributed by atoms with van der Waals surface area (Å²) in [6.45, 7) is 2.17. The molecule has 0 spiro atoms. The molecule has 23 heavy (non-hydrogen) atoms. The van der Waals surface area contributed by atoms with Gasteiger partial charge in [-0.15, -0.1) is 11.3 Å². The topological polar surface area (TPSA) is 53.2 Å². The summed E-state index contributed by atoms with van der Waals surface area (Å²) in [7, 11) is 1.62. The number of nitrogens with one attached hydrogen (secondary N) is 1. The standard InChI is InChI=1S/C17H15ClN2O2S/c1-10-15(12-5-3-4-6-13(12)19-10)16(21)17(22)20(2)9-11-7-8-14(18)23-11/h3-8,19H,9H2,1-2H3. The lowest BCUT2D eigenvalue weighted by Crippen LogP contribution is -2.32. The highest BCUT2D eigenvalue weighted by Gasteiger charge is 2.25. The maximum atomic E-state index is 12.6. The number of nitrogens with zero attached hydrogens (tertiary/aromatic N) is 1. The fraction of sp³-hybridized carbons (Fsp3) is 0.176. The average Bonchev–Trinajstić information content (AvgIpc) is 3.07. The SMILES string of the molecule is Cc1[nH]c2ccccc2c1C(=O)C(=O)N(C)Cc1ccc(Cl)s1. The molecule has 1 amide bonds. The summed E-state index contributed by atoms with van der Waals surface area (Å²) in [5, 5.41) is 0.774. The van der Waals surface area contributed by atoms with Crippen LogP contribution in [0.15, 0.2) is 36.4 Å². The molecule has 2 heterocycles. The number of hydrogen-bond acceptors (Lipinski definition) is 3. The minimum absolute atomic E-state index is 0.364. The van der Waals surface area contributed by atoms with Crippen LogP contribution in [0.4, 0.5) is 0 Å². The van der Waals surface area contributed by atoms with Gasteiger partial charge in [0.05, 0.1) is 16.4 Å². The molecule has 1 aromatic carbocycles. The number of aryl methyl sites for hydroxylation is 1. The maximum absolute atomic E-state index is 12.6. The molecule has 0 saturated heterocycles. The lowest BCUT2D eigenvalue weighted by atomic mass is 10.1. The van der Waals surface area contributed by atoms with Crippen molar-refractivity contribution in [2.45, 2.75) is 13.5 Å². The number of thiophene rings is 1. The van der Waals surface area contributed by atoms with Crippen molar-refractivity contribution in [2.24, 2.45) is 0 Å². The Hall–Kier alpha value is -2.11. The number of carbonyl (C=O) groups excluding carboxylic acids is 2. The minimum Gasteiger partial charge on any atom is -0.358 e. The first-order valence-electron chi connectivity index (χ1n) is 7.08. The zero-order valence-corrected chi connectivity index (χ0v) is 14.3. The fourth-order valence-corrected chi connectivity index (χ4v) is 3.73. The Morgan fingerprint density at radius 2 is 1.96 bits per heavy atom. The molecule has 0 fully saturated rings. The second kappa shape index (κ2) is 6.18. The van der Waals surface area contributed by atoms with Crippen LogP contribution in [0, 0.1) is 6.92 Å². The Kier molecular flexibility index (Phi) is 4.24. The van der Waals surface area contributed by atoms with Crippen molar-refractivity contribution in [3.8, 4) is 0 Å². The van der Waals surface area contributed by atoms with Crippen LogP contribution in [-0.2, 0) is 11.3 Å². The first-order chi connectivity index (χ1) is 11.0. The molecule has 1 N–H and O–H groups in total. The summed E-state index contributed by atoms with van der Waals surface area (Å²) in [5.41, 5.74) is 2.01. The van der Waals surface area contributed by atoms with Crippen LogP contribution in [0.1, 0.15) is 20.9 Å². The summed E-state index contributed by atoms with van der Waals surface area (Å²) in [6.07, 6.45) is 0. The van der Waals surface area contributed by atoms with E-state index < -0.39 is 11.7 Å². The van der Waals surface area contributed by atoms with Gasteiger partial charge in [0, 0.05) is 28.5 Å². The zero-order valence-electron chi connectivity index (χ0n) is 12.7. The van der Waals surface area contributed by atoms with E-state index in [0.717, 1.165) is 15.8 Å². The summed E-state index contributed by atoms with van der Waals surface area (Å²) in [6, 6.07) is 11.1. The van der Waals surface area contributed by atoms with Crippen molar-refractivity contribution >= 4 is 45.5 Å². The van der Waals surface area contributed by atoms with Gasteiger partial charge in [-0.25, -0.2) is 0 Å². The Morgan fingerprint density at radius 1 is 1.22 bits per heavy atom. The van der Waals surface area contributed by atoms with Gasteiger partial charge >= 0.3 is 0 Å². The predicted octanol–water partition coefficient (Wildman–Crippen LogP) is 4.03. The second-order valence-corrected chi connectivity index (χ2v) is 7.17. The van der Waals surface area contributed by atoms with E-state index in [1.165, 1.54) is 16.2 Å². The molecular formula is C17H15ClN2O2S. The number of rotatable bonds is 4.